The van der Waals surface area contributed by atoms with Gasteiger partial charge in [0.05, 0.1) is 26.4 Å². The second-order valence-electron chi connectivity index (χ2n) is 31.4. The van der Waals surface area contributed by atoms with Gasteiger partial charge >= 0.3 is 33.6 Å². The molecule has 0 saturated carbocycles. The van der Waals surface area contributed by atoms with Crippen molar-refractivity contribution in [1.29, 1.82) is 0 Å². The number of allylic oxidation sites excluding steroid dienone is 28. The lowest BCUT2D eigenvalue weighted by atomic mass is 10.0. The van der Waals surface area contributed by atoms with Gasteiger partial charge in [-0.3, -0.25) is 32.5 Å². The van der Waals surface area contributed by atoms with Crippen molar-refractivity contribution in [2.24, 2.45) is 0 Å². The van der Waals surface area contributed by atoms with Crippen LogP contribution < -0.4 is 0 Å². The molecule has 0 radical (unpaired) electrons. The first-order chi connectivity index (χ1) is 58.2. The van der Waals surface area contributed by atoms with E-state index in [1.54, 1.807) is 0 Å². The summed E-state index contributed by atoms with van der Waals surface area (Å²) >= 11 is 0. The van der Waals surface area contributed by atoms with Gasteiger partial charge in [-0.05, 0) is 161 Å². The molecular formula is C101H172O16P2. The number of aliphatic hydroxyl groups is 2. The number of hydrogen-bond donors (Lipinski definition) is 4. The molecule has 4 N–H and O–H groups in total. The van der Waals surface area contributed by atoms with Crippen LogP contribution in [0.25, 0.3) is 0 Å². The first kappa shape index (κ1) is 114. The molecule has 682 valence electrons. The molecule has 0 aromatic rings. The van der Waals surface area contributed by atoms with Gasteiger partial charge in [0.15, 0.2) is 6.10 Å². The van der Waals surface area contributed by atoms with Crippen LogP contribution in [0.4, 0.5) is 0 Å². The van der Waals surface area contributed by atoms with Crippen molar-refractivity contribution < 1.29 is 75.8 Å². The summed E-state index contributed by atoms with van der Waals surface area (Å²) in [6, 6.07) is 0. The summed E-state index contributed by atoms with van der Waals surface area (Å²) in [5.41, 5.74) is 0. The van der Waals surface area contributed by atoms with Crippen molar-refractivity contribution in [2.45, 2.75) is 411 Å². The second kappa shape index (κ2) is 92.1. The second-order valence-corrected chi connectivity index (χ2v) is 34.3. The Labute approximate surface area is 726 Å². The number of aliphatic hydroxyl groups excluding tert-OH is 2. The van der Waals surface area contributed by atoms with E-state index in [9.17, 15) is 43.5 Å². The van der Waals surface area contributed by atoms with Crippen LogP contribution in [0, 0.1) is 0 Å². The van der Waals surface area contributed by atoms with E-state index in [1.165, 1.54) is 161 Å². The molecule has 0 amide bonds. The van der Waals surface area contributed by atoms with Crippen LogP contribution >= 0.6 is 15.6 Å². The van der Waals surface area contributed by atoms with Crippen LogP contribution in [0.5, 0.6) is 0 Å². The molecular weight excluding hydrogens is 1530 g/mol. The standard InChI is InChI=1S/C101H172O16P2/c1-4-7-10-13-16-19-22-25-28-31-34-37-40-42-44-46-47-49-51-52-55-57-60-63-66-69-72-75-78-81-84-87-99(104)111-90-96(102)91-113-118(107,108)114-92-97(103)93-115-119(109,110)116-95-98(117-101(106)89-86-83-80-77-74-71-68-65-62-59-54-39-36-33-30-27-24-21-18-15-12-9-6-3)94-112-100(105)88-85-82-79-76-73-70-67-64-61-58-56-53-50-48-45-43-41-38-35-32-29-26-23-20-17-14-11-8-5-2/h8,11,16-21,25-30,34-39,42-45,50,53,59,62,96-98,102-103H,4-7,9-10,12-15,22-24,31-33,40-41,46-49,51-52,54-58,60-61,63-95H2,1-3H3,(H,107,108)(H,109,110)/b11-8-,19-16-,20-17-,21-18-,28-25-,29-26-,30-27-,37-34-,38-35-,39-36-,44-42-,45-43-,53-50-,62-59-. The zero-order valence-corrected chi connectivity index (χ0v) is 77.0. The van der Waals surface area contributed by atoms with Gasteiger partial charge in [0.2, 0.25) is 0 Å². The van der Waals surface area contributed by atoms with Crippen LogP contribution in [0.1, 0.15) is 393 Å². The molecule has 0 bridgehead atoms. The number of unbranched alkanes of at least 4 members (excludes halogenated alkanes) is 38. The van der Waals surface area contributed by atoms with E-state index in [0.29, 0.717) is 19.3 Å². The lowest BCUT2D eigenvalue weighted by molar-refractivity contribution is -0.161. The number of ether oxygens (including phenoxy) is 3. The van der Waals surface area contributed by atoms with Gasteiger partial charge in [-0.15, -0.1) is 0 Å². The molecule has 0 aromatic carbocycles. The Morgan fingerprint density at radius 1 is 0.244 bits per heavy atom. The number of rotatable bonds is 89. The van der Waals surface area contributed by atoms with Crippen molar-refractivity contribution in [3.05, 3.63) is 170 Å². The van der Waals surface area contributed by atoms with E-state index in [2.05, 4.69) is 191 Å². The monoisotopic (exact) mass is 1700 g/mol. The fourth-order valence-corrected chi connectivity index (χ4v) is 14.3. The summed E-state index contributed by atoms with van der Waals surface area (Å²) in [6.07, 6.45) is 120. The number of phosphoric acid groups is 2. The molecule has 0 aliphatic heterocycles. The smallest absolute Gasteiger partial charge is 0.463 e. The van der Waals surface area contributed by atoms with Gasteiger partial charge in [-0.25, -0.2) is 9.13 Å². The number of phosphoric ester groups is 2. The first-order valence-electron chi connectivity index (χ1n) is 47.4. The molecule has 5 unspecified atom stereocenters. The molecule has 0 fully saturated rings. The highest BCUT2D eigenvalue weighted by Crippen LogP contribution is 2.45. The van der Waals surface area contributed by atoms with Crippen molar-refractivity contribution >= 4 is 33.6 Å². The molecule has 16 nitrogen and oxygen atoms in total. The van der Waals surface area contributed by atoms with Crippen molar-refractivity contribution in [3.63, 3.8) is 0 Å². The third-order valence-electron chi connectivity index (χ3n) is 19.9. The minimum atomic E-state index is -4.95. The molecule has 0 aromatic heterocycles. The maximum atomic E-state index is 13.1. The van der Waals surface area contributed by atoms with Crippen molar-refractivity contribution in [2.75, 3.05) is 39.6 Å². The van der Waals surface area contributed by atoms with Crippen LogP contribution in [0.15, 0.2) is 170 Å². The maximum Gasteiger partial charge on any atom is 0.472 e. The van der Waals surface area contributed by atoms with Gasteiger partial charge in [-0.1, -0.05) is 384 Å². The van der Waals surface area contributed by atoms with Gasteiger partial charge in [0.1, 0.15) is 25.4 Å². The average Bonchev–Trinajstić information content (AvgIpc) is 0.903. The predicted molar refractivity (Wildman–Crippen MR) is 500 cm³/mol. The van der Waals surface area contributed by atoms with Crippen LogP contribution in [0.2, 0.25) is 0 Å². The lowest BCUT2D eigenvalue weighted by Crippen LogP contribution is -2.30. The molecule has 0 heterocycles. The molecule has 0 spiro atoms. The van der Waals surface area contributed by atoms with Gasteiger partial charge in [0.25, 0.3) is 0 Å². The van der Waals surface area contributed by atoms with Crippen LogP contribution in [0.3, 0.4) is 0 Å². The number of carbonyl (C=O) groups is 3. The first-order valence-corrected chi connectivity index (χ1v) is 50.4. The Hall–Kier alpha value is -5.09. The summed E-state index contributed by atoms with van der Waals surface area (Å²) in [6.45, 7) is 2.54. The molecule has 0 aliphatic carbocycles. The third kappa shape index (κ3) is 93.5. The normalized spacial score (nSPS) is 14.5. The topological polar surface area (TPSA) is 231 Å². The molecule has 0 aliphatic rings. The quantitative estimate of drug-likeness (QED) is 0.0146. The fraction of sp³-hybridized carbons (Fsp3) is 0.693. The Kier molecular flexibility index (Phi) is 88.2. The summed E-state index contributed by atoms with van der Waals surface area (Å²) in [5, 5.41) is 20.8. The Morgan fingerprint density at radius 3 is 0.706 bits per heavy atom. The largest absolute Gasteiger partial charge is 0.472 e. The lowest BCUT2D eigenvalue weighted by Gasteiger charge is -2.21. The van der Waals surface area contributed by atoms with E-state index < -0.39 is 91.5 Å². The van der Waals surface area contributed by atoms with Crippen LogP contribution in [-0.2, 0) is 55.8 Å². The van der Waals surface area contributed by atoms with E-state index in [0.717, 1.165) is 173 Å². The minimum Gasteiger partial charge on any atom is -0.463 e. The SMILES string of the molecule is CC/C=C\C/C=C\C/C=C\C/C=C\C/C=C\C/C=C\CCCCCCCCCCCCC(=O)OCC(COP(=O)(O)OCC(O)COP(=O)(O)OCC(O)COC(=O)CCCCCCCCCCCCCCCCC/C=C\C/C=C\C/C=C\C/C=C\CCCCC)OC(=O)CCCCCCCCC/C=C\C/C=C\C/C=C\C/C=C\CCCCC. The number of hydrogen-bond acceptors (Lipinski definition) is 14. The highest BCUT2D eigenvalue weighted by molar-refractivity contribution is 7.47. The van der Waals surface area contributed by atoms with Gasteiger partial charge in [0, 0.05) is 19.3 Å². The van der Waals surface area contributed by atoms with E-state index >= 15 is 0 Å². The van der Waals surface area contributed by atoms with E-state index in [1.807, 2.05) is 0 Å². The highest BCUT2D eigenvalue weighted by atomic mass is 31.2. The molecule has 18 heteroatoms. The van der Waals surface area contributed by atoms with Crippen molar-refractivity contribution in [1.82, 2.24) is 0 Å². The molecule has 0 saturated heterocycles. The van der Waals surface area contributed by atoms with E-state index in [4.69, 9.17) is 32.3 Å². The number of esters is 3. The zero-order valence-electron chi connectivity index (χ0n) is 75.2. The summed E-state index contributed by atoms with van der Waals surface area (Å²) < 4.78 is 61.5. The Morgan fingerprint density at radius 2 is 0.445 bits per heavy atom. The highest BCUT2D eigenvalue weighted by Gasteiger charge is 2.29. The van der Waals surface area contributed by atoms with E-state index in [-0.39, 0.29) is 19.3 Å². The third-order valence-corrected chi connectivity index (χ3v) is 21.8. The molecule has 5 atom stereocenters. The fourth-order valence-electron chi connectivity index (χ4n) is 12.7. The number of carbonyl (C=O) groups excluding carboxylic acids is 3. The van der Waals surface area contributed by atoms with Gasteiger partial charge in [-0.2, -0.15) is 0 Å². The minimum absolute atomic E-state index is 0.0867. The maximum absolute atomic E-state index is 13.1. The van der Waals surface area contributed by atoms with Gasteiger partial charge < -0.3 is 34.2 Å². The predicted octanol–water partition coefficient (Wildman–Crippen LogP) is 29.4. The Bertz CT molecular complexity index is 2840. The zero-order chi connectivity index (χ0) is 86.5. The Balaban J connectivity index is 4.63. The summed E-state index contributed by atoms with van der Waals surface area (Å²) in [7, 11) is -9.82. The summed E-state index contributed by atoms with van der Waals surface area (Å²) in [5.74, 6) is -1.59. The molecule has 0 rings (SSSR count). The van der Waals surface area contributed by atoms with Crippen molar-refractivity contribution in [3.8, 4) is 0 Å². The summed E-state index contributed by atoms with van der Waals surface area (Å²) in [4.78, 5) is 59.1. The molecule has 119 heavy (non-hydrogen) atoms. The van der Waals surface area contributed by atoms with Crippen LogP contribution in [-0.4, -0.2) is 95.9 Å². The average molecular weight is 1700 g/mol.